The van der Waals surface area contributed by atoms with Crippen LogP contribution in [0.15, 0.2) is 58.4 Å². The fourth-order valence-corrected chi connectivity index (χ4v) is 5.24. The molecule has 2 aliphatic heterocycles. The van der Waals surface area contributed by atoms with Gasteiger partial charge in [-0.2, -0.15) is 0 Å². The van der Waals surface area contributed by atoms with E-state index in [9.17, 15) is 8.42 Å². The molecule has 1 unspecified atom stereocenters. The number of halogens is 1. The lowest BCUT2D eigenvalue weighted by atomic mass is 10.0. The zero-order chi connectivity index (χ0) is 20.6. The molecule has 0 spiro atoms. The molecule has 0 bridgehead atoms. The molecule has 154 valence electrons. The Morgan fingerprint density at radius 3 is 2.66 bits per heavy atom. The number of morpholine rings is 1. The van der Waals surface area contributed by atoms with Gasteiger partial charge in [0.2, 0.25) is 0 Å². The fraction of sp³-hybridized carbons (Fsp3) is 0.381. The molecular weight excluding hydrogens is 410 g/mol. The Balaban J connectivity index is 1.66. The molecule has 0 aromatic heterocycles. The highest BCUT2D eigenvalue weighted by atomic mass is 35.5. The van der Waals surface area contributed by atoms with E-state index in [4.69, 9.17) is 21.3 Å². The first-order chi connectivity index (χ1) is 13.8. The Labute approximate surface area is 176 Å². The first-order valence-corrected chi connectivity index (χ1v) is 11.4. The lowest BCUT2D eigenvalue weighted by Gasteiger charge is -2.42. The zero-order valence-electron chi connectivity index (χ0n) is 16.4. The predicted octanol–water partition coefficient (Wildman–Crippen LogP) is 3.23. The van der Waals surface area contributed by atoms with Crippen molar-refractivity contribution in [2.24, 2.45) is 4.99 Å². The molecule has 2 aliphatic rings. The summed E-state index contributed by atoms with van der Waals surface area (Å²) in [4.78, 5) is 7.31. The second-order valence-electron chi connectivity index (χ2n) is 7.94. The van der Waals surface area contributed by atoms with E-state index in [1.54, 1.807) is 18.2 Å². The van der Waals surface area contributed by atoms with E-state index >= 15 is 0 Å². The van der Waals surface area contributed by atoms with Gasteiger partial charge in [-0.05, 0) is 43.7 Å². The normalized spacial score (nSPS) is 22.8. The summed E-state index contributed by atoms with van der Waals surface area (Å²) in [5, 5.41) is 0.679. The molecule has 1 atom stereocenters. The van der Waals surface area contributed by atoms with Crippen molar-refractivity contribution in [1.29, 1.82) is 0 Å². The van der Waals surface area contributed by atoms with Crippen molar-refractivity contribution in [3.63, 3.8) is 0 Å². The number of benzene rings is 2. The van der Waals surface area contributed by atoms with Crippen LogP contribution in [0.4, 0.5) is 0 Å². The highest BCUT2D eigenvalue weighted by molar-refractivity contribution is 7.90. The Morgan fingerprint density at radius 1 is 1.21 bits per heavy atom. The molecule has 6 nitrogen and oxygen atoms in total. The third kappa shape index (κ3) is 4.33. The highest BCUT2D eigenvalue weighted by Gasteiger charge is 2.33. The van der Waals surface area contributed by atoms with Gasteiger partial charge in [0.1, 0.15) is 5.84 Å². The van der Waals surface area contributed by atoms with Crippen molar-refractivity contribution in [3.8, 4) is 0 Å². The highest BCUT2D eigenvalue weighted by Crippen LogP contribution is 2.29. The summed E-state index contributed by atoms with van der Waals surface area (Å²) in [6, 6.07) is 14.6. The third-order valence-corrected chi connectivity index (χ3v) is 6.88. The molecule has 8 heteroatoms. The van der Waals surface area contributed by atoms with Crippen molar-refractivity contribution in [1.82, 2.24) is 9.62 Å². The largest absolute Gasteiger partial charge is 0.373 e. The minimum Gasteiger partial charge on any atom is -0.373 e. The van der Waals surface area contributed by atoms with Crippen LogP contribution in [0, 0.1) is 0 Å². The summed E-state index contributed by atoms with van der Waals surface area (Å²) >= 11 is 6.08. The van der Waals surface area contributed by atoms with Gasteiger partial charge in [-0.15, -0.1) is 0 Å². The van der Waals surface area contributed by atoms with Crippen LogP contribution in [0.2, 0.25) is 5.02 Å². The van der Waals surface area contributed by atoms with Gasteiger partial charge in [0, 0.05) is 23.7 Å². The molecule has 29 heavy (non-hydrogen) atoms. The van der Waals surface area contributed by atoms with Crippen LogP contribution < -0.4 is 4.72 Å². The Morgan fingerprint density at radius 2 is 1.93 bits per heavy atom. The monoisotopic (exact) mass is 433 g/mol. The van der Waals surface area contributed by atoms with Gasteiger partial charge in [0.05, 0.1) is 29.7 Å². The summed E-state index contributed by atoms with van der Waals surface area (Å²) in [7, 11) is -3.55. The lowest BCUT2D eigenvalue weighted by Crippen LogP contribution is -2.50. The molecular formula is C21H24ClN3O3S. The number of fused-ring (bicyclic) bond motifs is 1. The topological polar surface area (TPSA) is 71.0 Å². The van der Waals surface area contributed by atoms with Crippen molar-refractivity contribution >= 4 is 27.5 Å². The average Bonchev–Trinajstić information content (AvgIpc) is 2.93. The van der Waals surface area contributed by atoms with Crippen LogP contribution in [0.3, 0.4) is 0 Å². The predicted molar refractivity (Wildman–Crippen MR) is 114 cm³/mol. The van der Waals surface area contributed by atoms with Crippen LogP contribution in [0.1, 0.15) is 31.0 Å². The second-order valence-corrected chi connectivity index (χ2v) is 10.0. The first-order valence-electron chi connectivity index (χ1n) is 9.55. The molecule has 0 aliphatic carbocycles. The van der Waals surface area contributed by atoms with Crippen molar-refractivity contribution in [2.75, 3.05) is 26.2 Å². The van der Waals surface area contributed by atoms with E-state index in [1.807, 2.05) is 30.3 Å². The lowest BCUT2D eigenvalue weighted by molar-refractivity contribution is -0.0966. The van der Waals surface area contributed by atoms with E-state index < -0.39 is 10.0 Å². The summed E-state index contributed by atoms with van der Waals surface area (Å²) in [6.45, 7) is 6.75. The summed E-state index contributed by atoms with van der Waals surface area (Å²) in [5.74, 6) is 0.395. The minimum absolute atomic E-state index is 0.0137. The van der Waals surface area contributed by atoms with Crippen LogP contribution in [-0.2, 0) is 14.8 Å². The van der Waals surface area contributed by atoms with E-state index in [-0.39, 0.29) is 16.5 Å². The van der Waals surface area contributed by atoms with Crippen molar-refractivity contribution in [2.45, 2.75) is 30.4 Å². The Bertz CT molecular complexity index is 1040. The van der Waals surface area contributed by atoms with E-state index in [0.29, 0.717) is 29.6 Å². The number of sulfonamides is 1. The van der Waals surface area contributed by atoms with Crippen LogP contribution in [0.5, 0.6) is 0 Å². The number of ether oxygens (including phenoxy) is 1. The third-order valence-electron chi connectivity index (χ3n) is 5.24. The maximum atomic E-state index is 12.4. The smallest absolute Gasteiger partial charge is 0.263 e. The van der Waals surface area contributed by atoms with Gasteiger partial charge >= 0.3 is 0 Å². The molecule has 0 saturated carbocycles. The maximum Gasteiger partial charge on any atom is 0.263 e. The van der Waals surface area contributed by atoms with Gasteiger partial charge < -0.3 is 4.74 Å². The van der Waals surface area contributed by atoms with Gasteiger partial charge in [0.15, 0.2) is 0 Å². The molecule has 1 saturated heterocycles. The van der Waals surface area contributed by atoms with E-state index in [2.05, 4.69) is 23.5 Å². The summed E-state index contributed by atoms with van der Waals surface area (Å²) in [6.07, 6.45) is 0. The molecule has 0 amide bonds. The molecule has 0 radical (unpaired) electrons. The quantitative estimate of drug-likeness (QED) is 0.803. The number of nitrogens with zero attached hydrogens (tertiary/aromatic N) is 2. The standard InChI is InChI=1S/C21H24ClN3O3S/c1-21(2)14-25(11-12-28-21)18(15-7-9-16(22)10-8-15)13-23-20-17-5-3-4-6-19(17)29(26,27)24-20/h3-10,18H,11-14H2,1-2H3,(H,23,24). The van der Waals surface area contributed by atoms with Gasteiger partial charge in [0.25, 0.3) is 10.0 Å². The Hall–Kier alpha value is -1.93. The SMILES string of the molecule is CC1(C)CN(C(CN=C2NS(=O)(=O)c3ccccc32)c2ccc(Cl)cc2)CCO1. The zero-order valence-corrected chi connectivity index (χ0v) is 18.0. The van der Waals surface area contributed by atoms with Gasteiger partial charge in [-0.25, -0.2) is 8.42 Å². The molecule has 1 N–H and O–H groups in total. The number of aliphatic imine (C=N–C) groups is 1. The number of rotatable bonds is 4. The van der Waals surface area contributed by atoms with Crippen molar-refractivity contribution < 1.29 is 13.2 Å². The molecule has 2 aromatic rings. The second kappa shape index (κ2) is 7.72. The maximum absolute atomic E-state index is 12.4. The molecule has 2 aromatic carbocycles. The van der Waals surface area contributed by atoms with E-state index in [1.165, 1.54) is 0 Å². The number of nitrogens with one attached hydrogen (secondary N) is 1. The minimum atomic E-state index is -3.55. The average molecular weight is 434 g/mol. The number of hydrogen-bond acceptors (Lipinski definition) is 5. The fourth-order valence-electron chi connectivity index (χ4n) is 3.86. The Kier molecular flexibility index (Phi) is 5.42. The summed E-state index contributed by atoms with van der Waals surface area (Å²) in [5.41, 5.74) is 1.45. The number of amidine groups is 1. The van der Waals surface area contributed by atoms with Gasteiger partial charge in [-0.3, -0.25) is 14.6 Å². The molecule has 1 fully saturated rings. The van der Waals surface area contributed by atoms with E-state index in [0.717, 1.165) is 18.7 Å². The van der Waals surface area contributed by atoms with Crippen LogP contribution in [-0.4, -0.2) is 51.0 Å². The molecule has 4 rings (SSSR count). The van der Waals surface area contributed by atoms with Crippen LogP contribution >= 0.6 is 11.6 Å². The summed E-state index contributed by atoms with van der Waals surface area (Å²) < 4.78 is 33.2. The van der Waals surface area contributed by atoms with Gasteiger partial charge in [-0.1, -0.05) is 35.9 Å². The molecule has 2 heterocycles. The van der Waals surface area contributed by atoms with Crippen molar-refractivity contribution in [3.05, 3.63) is 64.7 Å². The number of hydrogen-bond donors (Lipinski definition) is 1. The van der Waals surface area contributed by atoms with Crippen LogP contribution in [0.25, 0.3) is 0 Å². The first kappa shape index (κ1) is 20.3.